The van der Waals surface area contributed by atoms with Gasteiger partial charge in [-0.2, -0.15) is 0 Å². The number of halogens is 1. The summed E-state index contributed by atoms with van der Waals surface area (Å²) in [7, 11) is 0. The quantitative estimate of drug-likeness (QED) is 0.398. The van der Waals surface area contributed by atoms with E-state index >= 15 is 0 Å². The number of fused-ring (bicyclic) bond motifs is 5. The van der Waals surface area contributed by atoms with Crippen LogP contribution in [0, 0.1) is 34.5 Å². The number of nitrogens with zero attached hydrogens (tertiary/aromatic N) is 1. The van der Waals surface area contributed by atoms with E-state index in [9.17, 15) is 4.79 Å². The van der Waals surface area contributed by atoms with Crippen LogP contribution < -0.4 is 0 Å². The molecule has 4 saturated carbocycles. The summed E-state index contributed by atoms with van der Waals surface area (Å²) in [4.78, 5) is 15.0. The first-order valence-corrected chi connectivity index (χ1v) is 15.1. The van der Waals surface area contributed by atoms with Gasteiger partial charge in [-0.3, -0.25) is 9.69 Å². The summed E-state index contributed by atoms with van der Waals surface area (Å²) in [5.41, 5.74) is 2.92. The SMILES string of the molecule is CC(=O)O[C@H]1/C(=C/c2ccc(Cl)cc2)C[C@H]2[C@@H]3CC[C@H]4C[C@@H](N5CCOCC5)CC[C@]4(C)[C@H]3CC[C@]12C. The van der Waals surface area contributed by atoms with E-state index in [1.54, 1.807) is 6.92 Å². The fourth-order valence-electron chi connectivity index (χ4n) is 9.64. The molecule has 4 nitrogen and oxygen atoms in total. The van der Waals surface area contributed by atoms with Gasteiger partial charge in [-0.25, -0.2) is 0 Å². The smallest absolute Gasteiger partial charge is 0.303 e. The molecule has 202 valence electrons. The number of hydrogen-bond donors (Lipinski definition) is 0. The largest absolute Gasteiger partial charge is 0.457 e. The topological polar surface area (TPSA) is 38.8 Å². The normalized spacial score (nSPS) is 43.1. The fraction of sp³-hybridized carbons (Fsp3) is 0.719. The Labute approximate surface area is 228 Å². The number of ether oxygens (including phenoxy) is 2. The first kappa shape index (κ1) is 25.9. The van der Waals surface area contributed by atoms with Gasteiger partial charge in [0.2, 0.25) is 0 Å². The predicted octanol–water partition coefficient (Wildman–Crippen LogP) is 7.01. The zero-order valence-electron chi connectivity index (χ0n) is 22.9. The van der Waals surface area contributed by atoms with Gasteiger partial charge in [0.25, 0.3) is 0 Å². The van der Waals surface area contributed by atoms with Crippen molar-refractivity contribution in [2.45, 2.75) is 84.3 Å². The molecular formula is C32H44ClNO3. The van der Waals surface area contributed by atoms with Crippen molar-refractivity contribution >= 4 is 23.6 Å². The van der Waals surface area contributed by atoms with Gasteiger partial charge in [-0.05, 0) is 104 Å². The summed E-state index contributed by atoms with van der Waals surface area (Å²) in [5.74, 6) is 2.79. The van der Waals surface area contributed by atoms with Crippen molar-refractivity contribution in [3.05, 3.63) is 40.4 Å². The maximum atomic E-state index is 12.3. The monoisotopic (exact) mass is 525 g/mol. The van der Waals surface area contributed by atoms with E-state index in [-0.39, 0.29) is 17.5 Å². The molecule has 1 aromatic rings. The lowest BCUT2D eigenvalue weighted by atomic mass is 9.45. The third-order valence-corrected chi connectivity index (χ3v) is 11.8. The van der Waals surface area contributed by atoms with Crippen LogP contribution in [-0.2, 0) is 14.3 Å². The Morgan fingerprint density at radius 1 is 1.03 bits per heavy atom. The molecule has 5 fully saturated rings. The van der Waals surface area contributed by atoms with Crippen LogP contribution in [0.5, 0.6) is 0 Å². The van der Waals surface area contributed by atoms with Gasteiger partial charge in [-0.1, -0.05) is 43.7 Å². The number of esters is 1. The minimum absolute atomic E-state index is 0.0271. The van der Waals surface area contributed by atoms with Crippen molar-refractivity contribution in [2.75, 3.05) is 26.3 Å². The van der Waals surface area contributed by atoms with E-state index < -0.39 is 0 Å². The molecule has 0 amide bonds. The average molecular weight is 526 g/mol. The molecule has 0 aromatic heterocycles. The lowest BCUT2D eigenvalue weighted by molar-refractivity contribution is -0.160. The Hall–Kier alpha value is -1.36. The third kappa shape index (κ3) is 4.59. The minimum atomic E-state index is -0.159. The van der Waals surface area contributed by atoms with Gasteiger partial charge in [-0.15, -0.1) is 0 Å². The Balaban J connectivity index is 1.25. The molecule has 0 bridgehead atoms. The summed E-state index contributed by atoms with van der Waals surface area (Å²) in [6, 6.07) is 8.80. The number of morpholine rings is 1. The molecule has 37 heavy (non-hydrogen) atoms. The van der Waals surface area contributed by atoms with Crippen LogP contribution in [0.4, 0.5) is 0 Å². The highest BCUT2D eigenvalue weighted by Crippen LogP contribution is 2.67. The van der Waals surface area contributed by atoms with Crippen molar-refractivity contribution in [3.8, 4) is 0 Å². The Kier molecular flexibility index (Phi) is 6.99. The van der Waals surface area contributed by atoms with E-state index in [1.807, 2.05) is 12.1 Å². The Morgan fingerprint density at radius 3 is 2.49 bits per heavy atom. The second-order valence-electron chi connectivity index (χ2n) is 13.2. The van der Waals surface area contributed by atoms with Crippen molar-refractivity contribution in [1.29, 1.82) is 0 Å². The van der Waals surface area contributed by atoms with Crippen LogP contribution in [0.15, 0.2) is 29.8 Å². The number of benzene rings is 1. The summed E-state index contributed by atoms with van der Waals surface area (Å²) >= 11 is 6.15. The zero-order valence-corrected chi connectivity index (χ0v) is 23.6. The van der Waals surface area contributed by atoms with Crippen molar-refractivity contribution in [3.63, 3.8) is 0 Å². The molecule has 8 atom stereocenters. The van der Waals surface area contributed by atoms with Crippen LogP contribution in [0.1, 0.15) is 77.7 Å². The maximum Gasteiger partial charge on any atom is 0.303 e. The highest BCUT2D eigenvalue weighted by atomic mass is 35.5. The number of rotatable bonds is 3. The summed E-state index contributed by atoms with van der Waals surface area (Å²) in [6.45, 7) is 10.7. The second-order valence-corrected chi connectivity index (χ2v) is 13.7. The van der Waals surface area contributed by atoms with Crippen LogP contribution in [0.2, 0.25) is 5.02 Å². The highest BCUT2D eigenvalue weighted by molar-refractivity contribution is 6.30. The maximum absolute atomic E-state index is 12.3. The number of carbonyl (C=O) groups excluding carboxylic acids is 1. The molecule has 1 saturated heterocycles. The molecule has 5 aliphatic rings. The Morgan fingerprint density at radius 2 is 1.76 bits per heavy atom. The molecule has 6 rings (SSSR count). The molecule has 1 aromatic carbocycles. The van der Waals surface area contributed by atoms with Crippen molar-refractivity contribution in [1.82, 2.24) is 4.90 Å². The molecule has 0 unspecified atom stereocenters. The standard InChI is InChI=1S/C32H44ClNO3/c1-21(35)37-30-23(18-22-4-7-25(33)8-5-22)19-29-27-9-6-24-20-26(34-14-16-36-17-15-34)10-12-31(24,2)28(27)11-13-32(29,30)3/h4-5,7-8,18,24,26-30H,6,9-17,19-20H2,1-3H3/b23-18+/t24-,26-,27+,28-,29-,30-,31-,32-/m0/s1. The number of carbonyl (C=O) groups is 1. The van der Waals surface area contributed by atoms with Crippen molar-refractivity contribution < 1.29 is 14.3 Å². The molecule has 0 N–H and O–H groups in total. The summed E-state index contributed by atoms with van der Waals surface area (Å²) < 4.78 is 11.8. The fourth-order valence-corrected chi connectivity index (χ4v) is 9.76. The van der Waals surface area contributed by atoms with E-state index in [1.165, 1.54) is 44.1 Å². The third-order valence-electron chi connectivity index (χ3n) is 11.5. The van der Waals surface area contributed by atoms with Gasteiger partial charge in [0, 0.05) is 36.5 Å². The minimum Gasteiger partial charge on any atom is -0.457 e. The predicted molar refractivity (Wildman–Crippen MR) is 148 cm³/mol. The first-order chi connectivity index (χ1) is 17.8. The van der Waals surface area contributed by atoms with Gasteiger partial charge in [0.1, 0.15) is 6.10 Å². The molecule has 4 aliphatic carbocycles. The molecule has 1 heterocycles. The van der Waals surface area contributed by atoms with Crippen molar-refractivity contribution in [2.24, 2.45) is 34.5 Å². The number of hydrogen-bond acceptors (Lipinski definition) is 4. The Bertz CT molecular complexity index is 1030. The van der Waals surface area contributed by atoms with Crippen LogP contribution in [-0.4, -0.2) is 49.3 Å². The average Bonchev–Trinajstić information content (AvgIpc) is 3.16. The van der Waals surface area contributed by atoms with E-state index in [2.05, 4.69) is 37.0 Å². The second kappa shape index (κ2) is 9.99. The van der Waals surface area contributed by atoms with E-state index in [0.29, 0.717) is 11.3 Å². The first-order valence-electron chi connectivity index (χ1n) is 14.7. The lowest BCUT2D eigenvalue weighted by Gasteiger charge is -2.61. The van der Waals surface area contributed by atoms with Gasteiger partial charge >= 0.3 is 5.97 Å². The lowest BCUT2D eigenvalue weighted by Crippen LogP contribution is -2.56. The molecule has 1 aliphatic heterocycles. The van der Waals surface area contributed by atoms with E-state index in [0.717, 1.165) is 73.5 Å². The van der Waals surface area contributed by atoms with E-state index in [4.69, 9.17) is 21.1 Å². The molecule has 0 radical (unpaired) electrons. The van der Waals surface area contributed by atoms with Crippen LogP contribution >= 0.6 is 11.6 Å². The molecular weight excluding hydrogens is 482 g/mol. The van der Waals surface area contributed by atoms with Crippen LogP contribution in [0.3, 0.4) is 0 Å². The van der Waals surface area contributed by atoms with Gasteiger partial charge in [0.15, 0.2) is 0 Å². The summed E-state index contributed by atoms with van der Waals surface area (Å²) in [5, 5.41) is 0.752. The van der Waals surface area contributed by atoms with Crippen LogP contribution in [0.25, 0.3) is 6.08 Å². The molecule has 0 spiro atoms. The van der Waals surface area contributed by atoms with Gasteiger partial charge in [0.05, 0.1) is 13.2 Å². The highest BCUT2D eigenvalue weighted by Gasteiger charge is 2.62. The van der Waals surface area contributed by atoms with Gasteiger partial charge < -0.3 is 9.47 Å². The molecule has 5 heteroatoms. The zero-order chi connectivity index (χ0) is 25.8. The summed E-state index contributed by atoms with van der Waals surface area (Å²) in [6.07, 6.45) is 12.4.